The van der Waals surface area contributed by atoms with Gasteiger partial charge in [-0.25, -0.2) is 9.98 Å². The summed E-state index contributed by atoms with van der Waals surface area (Å²) in [6.07, 6.45) is 7.51. The SMILES string of the molecule is CCNC(=NCc1ccc(N(CC)CC)nc1)N1CCC2(CCC2)C1.I. The highest BCUT2D eigenvalue weighted by Gasteiger charge is 2.43. The van der Waals surface area contributed by atoms with E-state index in [2.05, 4.69) is 53.0 Å². The molecule has 2 aliphatic rings. The average Bonchev–Trinajstić information content (AvgIpc) is 3.07. The minimum atomic E-state index is 0. The zero-order valence-electron chi connectivity index (χ0n) is 16.5. The molecule has 1 spiro atoms. The van der Waals surface area contributed by atoms with Crippen LogP contribution in [0.2, 0.25) is 0 Å². The number of halogens is 1. The van der Waals surface area contributed by atoms with Gasteiger partial charge in [-0.05, 0) is 57.1 Å². The standard InChI is InChI=1S/C20H33N5.HI/c1-4-21-19(25-13-12-20(16-25)10-7-11-20)23-15-17-8-9-18(22-14-17)24(5-2)6-3;/h8-9,14H,4-7,10-13,15-16H2,1-3H3,(H,21,23);1H. The van der Waals surface area contributed by atoms with E-state index >= 15 is 0 Å². The first-order valence-corrected chi connectivity index (χ1v) is 9.93. The molecule has 0 bridgehead atoms. The summed E-state index contributed by atoms with van der Waals surface area (Å²) in [5.74, 6) is 2.12. The molecule has 2 fully saturated rings. The van der Waals surface area contributed by atoms with Gasteiger partial charge in [0.15, 0.2) is 5.96 Å². The summed E-state index contributed by atoms with van der Waals surface area (Å²) >= 11 is 0. The van der Waals surface area contributed by atoms with Gasteiger partial charge in [-0.2, -0.15) is 0 Å². The smallest absolute Gasteiger partial charge is 0.194 e. The molecule has 1 saturated heterocycles. The molecule has 2 heterocycles. The fourth-order valence-electron chi connectivity index (χ4n) is 4.04. The lowest BCUT2D eigenvalue weighted by atomic mass is 9.68. The molecule has 0 unspecified atom stereocenters. The largest absolute Gasteiger partial charge is 0.357 e. The highest BCUT2D eigenvalue weighted by molar-refractivity contribution is 14.0. The molecule has 3 rings (SSSR count). The van der Waals surface area contributed by atoms with Gasteiger partial charge in [0.25, 0.3) is 0 Å². The van der Waals surface area contributed by atoms with Crippen LogP contribution in [0.15, 0.2) is 23.3 Å². The molecule has 0 amide bonds. The third kappa shape index (κ3) is 4.81. The van der Waals surface area contributed by atoms with Gasteiger partial charge in [-0.3, -0.25) is 0 Å². The Hall–Kier alpha value is -1.05. The summed E-state index contributed by atoms with van der Waals surface area (Å²) in [6.45, 7) is 12.4. The fourth-order valence-corrected chi connectivity index (χ4v) is 4.04. The first-order chi connectivity index (χ1) is 12.2. The van der Waals surface area contributed by atoms with Crippen LogP contribution in [-0.4, -0.2) is 48.6 Å². The maximum absolute atomic E-state index is 4.88. The molecule has 5 nitrogen and oxygen atoms in total. The molecule has 1 aliphatic carbocycles. The van der Waals surface area contributed by atoms with Gasteiger partial charge in [0.05, 0.1) is 6.54 Å². The fraction of sp³-hybridized carbons (Fsp3) is 0.700. The Kier molecular flexibility index (Phi) is 7.98. The average molecular weight is 471 g/mol. The summed E-state index contributed by atoms with van der Waals surface area (Å²) in [7, 11) is 0. The molecule has 1 N–H and O–H groups in total. The van der Waals surface area contributed by atoms with Crippen molar-refractivity contribution in [2.75, 3.05) is 37.6 Å². The van der Waals surface area contributed by atoms with E-state index in [4.69, 9.17) is 4.99 Å². The second-order valence-corrected chi connectivity index (χ2v) is 7.39. The molecule has 1 aromatic rings. The van der Waals surface area contributed by atoms with Crippen LogP contribution in [0.4, 0.5) is 5.82 Å². The number of rotatable bonds is 6. The first kappa shape index (κ1) is 21.3. The highest BCUT2D eigenvalue weighted by Crippen LogP contribution is 2.47. The minimum Gasteiger partial charge on any atom is -0.357 e. The van der Waals surface area contributed by atoms with Crippen LogP contribution < -0.4 is 10.2 Å². The summed E-state index contributed by atoms with van der Waals surface area (Å²) < 4.78 is 0. The van der Waals surface area contributed by atoms with Gasteiger partial charge in [0.1, 0.15) is 5.82 Å². The molecule has 26 heavy (non-hydrogen) atoms. The Balaban J connectivity index is 0.00000243. The van der Waals surface area contributed by atoms with Gasteiger partial charge in [0, 0.05) is 38.9 Å². The normalized spacial score (nSPS) is 18.4. The number of hydrogen-bond donors (Lipinski definition) is 1. The van der Waals surface area contributed by atoms with Crippen molar-refractivity contribution < 1.29 is 0 Å². The summed E-state index contributed by atoms with van der Waals surface area (Å²) in [4.78, 5) is 14.2. The van der Waals surface area contributed by atoms with Gasteiger partial charge in [-0.1, -0.05) is 12.5 Å². The molecule has 0 atom stereocenters. The van der Waals surface area contributed by atoms with Crippen LogP contribution in [0, 0.1) is 5.41 Å². The van der Waals surface area contributed by atoms with E-state index in [1.165, 1.54) is 37.8 Å². The van der Waals surface area contributed by atoms with Gasteiger partial charge >= 0.3 is 0 Å². The Morgan fingerprint density at radius 2 is 2.00 bits per heavy atom. The molecule has 6 heteroatoms. The van der Waals surface area contributed by atoms with Gasteiger partial charge in [0.2, 0.25) is 0 Å². The summed E-state index contributed by atoms with van der Waals surface area (Å²) in [5, 5.41) is 3.48. The zero-order chi connectivity index (χ0) is 17.7. The molecule has 1 aromatic heterocycles. The summed E-state index contributed by atoms with van der Waals surface area (Å²) in [6, 6.07) is 4.27. The Bertz CT molecular complexity index is 578. The molecule has 0 radical (unpaired) electrons. The number of aromatic nitrogens is 1. The van der Waals surface area contributed by atoms with E-state index in [9.17, 15) is 0 Å². The number of aliphatic imine (C=N–C) groups is 1. The van der Waals surface area contributed by atoms with Gasteiger partial charge < -0.3 is 15.1 Å². The lowest BCUT2D eigenvalue weighted by molar-refractivity contribution is 0.151. The summed E-state index contributed by atoms with van der Waals surface area (Å²) in [5.41, 5.74) is 1.77. The Morgan fingerprint density at radius 3 is 2.50 bits per heavy atom. The third-order valence-electron chi connectivity index (χ3n) is 5.79. The molecular weight excluding hydrogens is 437 g/mol. The molecule has 0 aromatic carbocycles. The first-order valence-electron chi connectivity index (χ1n) is 9.93. The van der Waals surface area contributed by atoms with Crippen LogP contribution in [0.3, 0.4) is 0 Å². The molecule has 1 aliphatic heterocycles. The Labute approximate surface area is 175 Å². The predicted octanol–water partition coefficient (Wildman–Crippen LogP) is 3.89. The topological polar surface area (TPSA) is 43.8 Å². The van der Waals surface area contributed by atoms with Gasteiger partial charge in [-0.15, -0.1) is 24.0 Å². The Morgan fingerprint density at radius 1 is 1.23 bits per heavy atom. The quantitative estimate of drug-likeness (QED) is 0.389. The number of nitrogens with one attached hydrogen (secondary N) is 1. The van der Waals surface area contributed by atoms with Crippen molar-refractivity contribution in [2.45, 2.75) is 53.0 Å². The van der Waals surface area contributed by atoms with Crippen molar-refractivity contribution in [3.63, 3.8) is 0 Å². The third-order valence-corrected chi connectivity index (χ3v) is 5.79. The van der Waals surface area contributed by atoms with Crippen molar-refractivity contribution in [1.29, 1.82) is 0 Å². The maximum atomic E-state index is 4.88. The van der Waals surface area contributed by atoms with E-state index in [1.807, 2.05) is 6.20 Å². The van der Waals surface area contributed by atoms with Crippen molar-refractivity contribution >= 4 is 35.8 Å². The van der Waals surface area contributed by atoms with E-state index in [-0.39, 0.29) is 24.0 Å². The highest BCUT2D eigenvalue weighted by atomic mass is 127. The lowest BCUT2D eigenvalue weighted by Crippen LogP contribution is -2.42. The van der Waals surface area contributed by atoms with Crippen molar-refractivity contribution in [1.82, 2.24) is 15.2 Å². The van der Waals surface area contributed by atoms with E-state index in [0.29, 0.717) is 12.0 Å². The predicted molar refractivity (Wildman–Crippen MR) is 121 cm³/mol. The number of likely N-dealkylation sites (tertiary alicyclic amines) is 1. The lowest BCUT2D eigenvalue weighted by Gasteiger charge is -2.38. The number of hydrogen-bond acceptors (Lipinski definition) is 3. The van der Waals surface area contributed by atoms with Crippen molar-refractivity contribution in [3.05, 3.63) is 23.9 Å². The van der Waals surface area contributed by atoms with Crippen LogP contribution in [0.1, 0.15) is 52.0 Å². The maximum Gasteiger partial charge on any atom is 0.194 e. The van der Waals surface area contributed by atoms with Crippen molar-refractivity contribution in [3.8, 4) is 0 Å². The molecule has 146 valence electrons. The molecule has 1 saturated carbocycles. The van der Waals surface area contributed by atoms with Crippen LogP contribution >= 0.6 is 24.0 Å². The number of guanidine groups is 1. The van der Waals surface area contributed by atoms with E-state index < -0.39 is 0 Å². The van der Waals surface area contributed by atoms with E-state index in [0.717, 1.165) is 38.0 Å². The minimum absolute atomic E-state index is 0. The van der Waals surface area contributed by atoms with Crippen LogP contribution in [0.25, 0.3) is 0 Å². The molecular formula is C20H34IN5. The number of nitrogens with zero attached hydrogens (tertiary/aromatic N) is 4. The number of pyridine rings is 1. The second-order valence-electron chi connectivity index (χ2n) is 7.39. The van der Waals surface area contributed by atoms with Crippen LogP contribution in [-0.2, 0) is 6.54 Å². The van der Waals surface area contributed by atoms with Crippen molar-refractivity contribution in [2.24, 2.45) is 10.4 Å². The number of anilines is 1. The van der Waals surface area contributed by atoms with Crippen LogP contribution in [0.5, 0.6) is 0 Å². The zero-order valence-corrected chi connectivity index (χ0v) is 18.8. The second kappa shape index (κ2) is 9.76. The monoisotopic (exact) mass is 471 g/mol. The van der Waals surface area contributed by atoms with E-state index in [1.54, 1.807) is 0 Å².